The summed E-state index contributed by atoms with van der Waals surface area (Å²) < 4.78 is 71.7. The molecule has 1 atom stereocenters. The highest BCUT2D eigenvalue weighted by atomic mass is 35.5. The number of hydrogen-bond donors (Lipinski definition) is 0. The zero-order chi connectivity index (χ0) is 29.5. The second kappa shape index (κ2) is 11.1. The summed E-state index contributed by atoms with van der Waals surface area (Å²) >= 11 is 7.75. The lowest BCUT2D eigenvalue weighted by Gasteiger charge is -2.31. The van der Waals surface area contributed by atoms with Crippen LogP contribution in [0.2, 0.25) is 5.02 Å². The number of carbonyl (C=O) groups excluding carboxylic acids is 1. The van der Waals surface area contributed by atoms with E-state index < -0.39 is 46.2 Å². The number of hydrogen-bond acceptors (Lipinski definition) is 10. The van der Waals surface area contributed by atoms with Crippen molar-refractivity contribution in [1.82, 2.24) is 14.6 Å². The predicted octanol–water partition coefficient (Wildman–Crippen LogP) is 4.18. The molecule has 0 radical (unpaired) electrons. The van der Waals surface area contributed by atoms with Gasteiger partial charge < -0.3 is 18.4 Å². The van der Waals surface area contributed by atoms with Gasteiger partial charge in [0.05, 0.1) is 33.6 Å². The van der Waals surface area contributed by atoms with Crippen molar-refractivity contribution in [2.45, 2.75) is 44.0 Å². The van der Waals surface area contributed by atoms with Gasteiger partial charge in [0, 0.05) is 30.8 Å². The average molecular weight is 635 g/mol. The van der Waals surface area contributed by atoms with Gasteiger partial charge >= 0.3 is 16.3 Å². The number of likely N-dealkylation sites (tertiary alicyclic amines) is 1. The molecule has 4 heterocycles. The number of alkyl halides is 3. The summed E-state index contributed by atoms with van der Waals surface area (Å²) in [5.41, 5.74) is 0.474. The van der Waals surface area contributed by atoms with Crippen LogP contribution in [-0.2, 0) is 32.5 Å². The van der Waals surface area contributed by atoms with Crippen molar-refractivity contribution in [2.75, 3.05) is 19.3 Å². The molecule has 11 nitrogen and oxygen atoms in total. The third-order valence-electron chi connectivity index (χ3n) is 6.53. The van der Waals surface area contributed by atoms with Crippen LogP contribution in [0, 0.1) is 0 Å². The number of halogens is 4. The molecule has 2 aromatic heterocycles. The van der Waals surface area contributed by atoms with Crippen LogP contribution >= 0.6 is 22.9 Å². The summed E-state index contributed by atoms with van der Waals surface area (Å²) in [7, 11) is -3.80. The largest absolute Gasteiger partial charge is 0.452 e. The SMILES string of the molecule is CS(=O)(=O)Oc1cccc(Cl)c1C1CC(c2csc(C3CCN(C(=O)Cn4oc(C(F)(F)F)cc4=O)CC3)n2)=NO1. The lowest BCUT2D eigenvalue weighted by Crippen LogP contribution is -2.40. The zero-order valence-corrected chi connectivity index (χ0v) is 23.6. The lowest BCUT2D eigenvalue weighted by atomic mass is 9.97. The Balaban J connectivity index is 1.19. The fourth-order valence-corrected chi connectivity index (χ4v) is 6.33. The van der Waals surface area contributed by atoms with Gasteiger partial charge in [-0.3, -0.25) is 9.59 Å². The Morgan fingerprint density at radius 3 is 2.66 bits per heavy atom. The van der Waals surface area contributed by atoms with Gasteiger partial charge in [-0.25, -0.2) is 4.98 Å². The summed E-state index contributed by atoms with van der Waals surface area (Å²) in [6.07, 6.45) is -3.15. The van der Waals surface area contributed by atoms with E-state index in [4.69, 9.17) is 25.6 Å². The summed E-state index contributed by atoms with van der Waals surface area (Å²) in [6.45, 7) is 0.0494. The molecule has 5 rings (SSSR count). The Morgan fingerprint density at radius 1 is 1.27 bits per heavy atom. The molecule has 0 spiro atoms. The predicted molar refractivity (Wildman–Crippen MR) is 141 cm³/mol. The Labute approximate surface area is 240 Å². The Bertz CT molecular complexity index is 1660. The van der Waals surface area contributed by atoms with E-state index >= 15 is 0 Å². The second-order valence-electron chi connectivity index (χ2n) is 9.47. The monoisotopic (exact) mass is 634 g/mol. The molecule has 41 heavy (non-hydrogen) atoms. The second-order valence-corrected chi connectivity index (χ2v) is 12.3. The number of amides is 1. The number of aromatic nitrogens is 2. The number of rotatable bonds is 7. The summed E-state index contributed by atoms with van der Waals surface area (Å²) in [4.78, 5) is 36.1. The number of thiazole rings is 1. The molecule has 1 fully saturated rings. The van der Waals surface area contributed by atoms with Gasteiger partial charge in [0.25, 0.3) is 5.56 Å². The molecular weight excluding hydrogens is 613 g/mol. The molecule has 0 bridgehead atoms. The first-order chi connectivity index (χ1) is 19.3. The van der Waals surface area contributed by atoms with E-state index in [0.29, 0.717) is 53.7 Å². The molecule has 0 N–H and O–H groups in total. The van der Waals surface area contributed by atoms with Gasteiger partial charge in [0.1, 0.15) is 12.3 Å². The molecule has 17 heteroatoms. The molecule has 3 aromatic rings. The minimum absolute atomic E-state index is 0.0398. The van der Waals surface area contributed by atoms with Gasteiger partial charge in [-0.2, -0.15) is 26.3 Å². The minimum Gasteiger partial charge on any atom is -0.387 e. The molecule has 2 aliphatic heterocycles. The first kappa shape index (κ1) is 29.1. The van der Waals surface area contributed by atoms with Crippen molar-refractivity contribution in [3.63, 3.8) is 0 Å². The zero-order valence-electron chi connectivity index (χ0n) is 21.3. The standard InChI is InChI=1S/C24H22ClF3N4O7S2/c1-41(35,36)39-17-4-2-3-14(25)22(17)18-9-15(30-37-18)16-12-40-23(29-16)13-5-7-31(8-6-13)21(34)11-32-20(33)10-19(38-32)24(26,27)28/h2-4,10,12-13,18H,5-9,11H2,1H3. The summed E-state index contributed by atoms with van der Waals surface area (Å²) in [5.74, 6) is -1.88. The van der Waals surface area contributed by atoms with Crippen LogP contribution in [0.1, 0.15) is 53.3 Å². The van der Waals surface area contributed by atoms with Crippen LogP contribution in [0.25, 0.3) is 0 Å². The van der Waals surface area contributed by atoms with Crippen LogP contribution in [0.3, 0.4) is 0 Å². The fourth-order valence-electron chi connectivity index (χ4n) is 4.57. The third kappa shape index (κ3) is 6.59. The molecule has 1 saturated heterocycles. The first-order valence-corrected chi connectivity index (χ1v) is 15.3. The maximum atomic E-state index is 12.8. The Kier molecular flexibility index (Phi) is 7.91. The molecule has 1 amide bonds. The number of nitrogens with zero attached hydrogens (tertiary/aromatic N) is 4. The number of piperidine rings is 1. The van der Waals surface area contributed by atoms with E-state index in [2.05, 4.69) is 9.68 Å². The van der Waals surface area contributed by atoms with Gasteiger partial charge in [-0.15, -0.1) is 11.3 Å². The van der Waals surface area contributed by atoms with E-state index in [1.807, 2.05) is 5.38 Å². The van der Waals surface area contributed by atoms with Crippen molar-refractivity contribution in [3.05, 3.63) is 67.0 Å². The van der Waals surface area contributed by atoms with E-state index in [0.717, 1.165) is 11.3 Å². The van der Waals surface area contributed by atoms with E-state index in [-0.39, 0.29) is 23.1 Å². The third-order valence-corrected chi connectivity index (χ3v) is 8.35. The van der Waals surface area contributed by atoms with Gasteiger partial charge in [-0.05, 0) is 25.0 Å². The fraction of sp³-hybridized carbons (Fsp3) is 0.417. The number of carbonyl (C=O) groups is 1. The molecule has 1 aromatic carbocycles. The molecular formula is C24H22ClF3N4O7S2. The summed E-state index contributed by atoms with van der Waals surface area (Å²) in [5, 5.41) is 7.07. The average Bonchev–Trinajstić information content (AvgIpc) is 3.63. The highest BCUT2D eigenvalue weighted by molar-refractivity contribution is 7.86. The van der Waals surface area contributed by atoms with Crippen LogP contribution in [0.15, 0.2) is 44.1 Å². The summed E-state index contributed by atoms with van der Waals surface area (Å²) in [6, 6.07) is 4.96. The van der Waals surface area contributed by atoms with Gasteiger partial charge in [0.15, 0.2) is 11.9 Å². The van der Waals surface area contributed by atoms with Crippen molar-refractivity contribution >= 4 is 44.7 Å². The quantitative estimate of drug-likeness (QED) is 0.354. The number of benzene rings is 1. The molecule has 2 aliphatic rings. The van der Waals surface area contributed by atoms with Crippen LogP contribution in [0.4, 0.5) is 13.2 Å². The van der Waals surface area contributed by atoms with Crippen LogP contribution < -0.4 is 9.74 Å². The highest BCUT2D eigenvalue weighted by Crippen LogP contribution is 2.40. The van der Waals surface area contributed by atoms with Crippen molar-refractivity contribution in [1.29, 1.82) is 0 Å². The maximum Gasteiger partial charge on any atom is 0.452 e. The topological polar surface area (TPSA) is 133 Å². The first-order valence-electron chi connectivity index (χ1n) is 12.2. The van der Waals surface area contributed by atoms with Crippen LogP contribution in [-0.4, -0.2) is 54.0 Å². The van der Waals surface area contributed by atoms with Gasteiger partial charge in [0.2, 0.25) is 11.7 Å². The van der Waals surface area contributed by atoms with E-state index in [9.17, 15) is 31.2 Å². The smallest absolute Gasteiger partial charge is 0.387 e. The number of oxime groups is 1. The Hall–Kier alpha value is -3.37. The van der Waals surface area contributed by atoms with E-state index in [1.54, 1.807) is 12.1 Å². The molecule has 220 valence electrons. The van der Waals surface area contributed by atoms with Gasteiger partial charge in [-0.1, -0.05) is 22.8 Å². The van der Waals surface area contributed by atoms with Crippen molar-refractivity contribution in [3.8, 4) is 5.75 Å². The highest BCUT2D eigenvalue weighted by Gasteiger charge is 2.37. The maximum absolute atomic E-state index is 12.8. The normalized spacial score (nSPS) is 18.3. The van der Waals surface area contributed by atoms with Crippen molar-refractivity contribution in [2.24, 2.45) is 5.16 Å². The molecule has 1 unspecified atom stereocenters. The lowest BCUT2D eigenvalue weighted by molar-refractivity contribution is -0.159. The minimum atomic E-state index is -4.82. The Morgan fingerprint density at radius 2 is 2.00 bits per heavy atom. The van der Waals surface area contributed by atoms with Crippen LogP contribution in [0.5, 0.6) is 5.75 Å². The molecule has 0 aliphatic carbocycles. The van der Waals surface area contributed by atoms with E-state index in [1.165, 1.54) is 22.3 Å². The molecule has 0 saturated carbocycles. The van der Waals surface area contributed by atoms with Crippen molar-refractivity contribution < 1.29 is 39.9 Å².